The van der Waals surface area contributed by atoms with E-state index in [4.69, 9.17) is 12.2 Å². The monoisotopic (exact) mass is 248 g/mol. The Balaban J connectivity index is 3.00. The first kappa shape index (κ1) is 7.93. The second-order valence-electron chi connectivity index (χ2n) is 0.711. The molecular formula is C2H5IN2S2. The molecule has 0 spiro atoms. The molecule has 0 aromatic heterocycles. The summed E-state index contributed by atoms with van der Waals surface area (Å²) in [7, 11) is 0. The van der Waals surface area contributed by atoms with Crippen molar-refractivity contribution >= 4 is 51.2 Å². The Bertz CT molecular complexity index is 66.7. The molecule has 0 aliphatic rings. The molecule has 0 atom stereocenters. The fourth-order valence-electron chi connectivity index (χ4n) is 0.0896. The number of thiocarbonyl (C=S) groups is 1. The summed E-state index contributed by atoms with van der Waals surface area (Å²) in [5.74, 6) is 0. The second-order valence-corrected chi connectivity index (χ2v) is 2.73. The summed E-state index contributed by atoms with van der Waals surface area (Å²) in [5.41, 5.74) is 2.73. The van der Waals surface area contributed by atoms with E-state index in [0.29, 0.717) is 0 Å². The van der Waals surface area contributed by atoms with Crippen LogP contribution in [0.2, 0.25) is 0 Å². The van der Waals surface area contributed by atoms with Crippen LogP contribution in [0.3, 0.4) is 0 Å². The zero-order valence-corrected chi connectivity index (χ0v) is 7.48. The third kappa shape index (κ3) is 4.79. The minimum absolute atomic E-state index is 0.759. The van der Waals surface area contributed by atoms with Gasteiger partial charge in [-0.2, -0.15) is 3.64 Å². The van der Waals surface area contributed by atoms with Gasteiger partial charge in [0.1, 0.15) is 4.32 Å². The lowest BCUT2D eigenvalue weighted by molar-refractivity contribution is 0.998. The first-order valence-corrected chi connectivity index (χ1v) is 4.22. The van der Waals surface area contributed by atoms with Crippen LogP contribution in [0.4, 0.5) is 0 Å². The highest BCUT2D eigenvalue weighted by atomic mass is 127. The third-order valence-electron chi connectivity index (χ3n) is 0.335. The van der Waals surface area contributed by atoms with Crippen molar-refractivity contribution in [3.63, 3.8) is 0 Å². The molecule has 0 saturated heterocycles. The van der Waals surface area contributed by atoms with Crippen LogP contribution in [0.1, 0.15) is 0 Å². The molecule has 0 rings (SSSR count). The van der Waals surface area contributed by atoms with Crippen LogP contribution in [0.25, 0.3) is 0 Å². The minimum Gasteiger partial charge on any atom is -0.298 e. The minimum atomic E-state index is 0.759. The fraction of sp³-hybridized carbons (Fsp3) is 0.500. The number of hydrazine groups is 1. The molecule has 0 heterocycles. The van der Waals surface area contributed by atoms with E-state index in [-0.39, 0.29) is 0 Å². The number of thioether (sulfide) groups is 1. The number of nitrogens with one attached hydrogen (secondary N) is 2. The molecule has 0 amide bonds. The molecule has 0 unspecified atom stereocenters. The maximum Gasteiger partial charge on any atom is 0.148 e. The predicted molar refractivity (Wildman–Crippen MR) is 46.4 cm³/mol. The summed E-state index contributed by atoms with van der Waals surface area (Å²) in [5, 5.41) is 0. The van der Waals surface area contributed by atoms with Gasteiger partial charge in [0.25, 0.3) is 0 Å². The molecule has 42 valence electrons. The normalized spacial score (nSPS) is 8.29. The highest BCUT2D eigenvalue weighted by molar-refractivity contribution is 14.1. The quantitative estimate of drug-likeness (QED) is 0.314. The van der Waals surface area contributed by atoms with Crippen molar-refractivity contribution in [2.24, 2.45) is 0 Å². The van der Waals surface area contributed by atoms with E-state index >= 15 is 0 Å². The number of halogens is 1. The van der Waals surface area contributed by atoms with Crippen LogP contribution in [0, 0.1) is 0 Å². The third-order valence-corrected chi connectivity index (χ3v) is 1.68. The topological polar surface area (TPSA) is 24.1 Å². The van der Waals surface area contributed by atoms with Crippen LogP contribution in [-0.4, -0.2) is 10.6 Å². The van der Waals surface area contributed by atoms with Gasteiger partial charge in [0.2, 0.25) is 0 Å². The lowest BCUT2D eigenvalue weighted by atomic mass is 11.5. The van der Waals surface area contributed by atoms with Crippen LogP contribution in [-0.2, 0) is 0 Å². The second kappa shape index (κ2) is 5.07. The van der Waals surface area contributed by atoms with Gasteiger partial charge in [-0.25, -0.2) is 0 Å². The Morgan fingerprint density at radius 1 is 1.86 bits per heavy atom. The van der Waals surface area contributed by atoms with Gasteiger partial charge >= 0.3 is 0 Å². The van der Waals surface area contributed by atoms with Gasteiger partial charge in [-0.05, 0) is 6.26 Å². The van der Waals surface area contributed by atoms with Crippen LogP contribution in [0.15, 0.2) is 0 Å². The smallest absolute Gasteiger partial charge is 0.148 e. The fourth-order valence-corrected chi connectivity index (χ4v) is 0.929. The first-order chi connectivity index (χ1) is 3.31. The van der Waals surface area contributed by atoms with E-state index in [9.17, 15) is 0 Å². The van der Waals surface area contributed by atoms with Gasteiger partial charge in [0.15, 0.2) is 0 Å². The molecule has 0 fully saturated rings. The van der Waals surface area contributed by atoms with Crippen molar-refractivity contribution in [1.82, 2.24) is 9.06 Å². The predicted octanol–water partition coefficient (Wildman–Crippen LogP) is 1.08. The number of hydrogen-bond donors (Lipinski definition) is 2. The molecule has 2 nitrogen and oxygen atoms in total. The van der Waals surface area contributed by atoms with Crippen LogP contribution >= 0.6 is 46.8 Å². The zero-order chi connectivity index (χ0) is 5.70. The van der Waals surface area contributed by atoms with Crippen molar-refractivity contribution in [3.8, 4) is 0 Å². The highest BCUT2D eigenvalue weighted by Gasteiger charge is 1.83. The highest BCUT2D eigenvalue weighted by Crippen LogP contribution is 1.91. The van der Waals surface area contributed by atoms with Gasteiger partial charge < -0.3 is 0 Å². The summed E-state index contributed by atoms with van der Waals surface area (Å²) in [6.07, 6.45) is 1.92. The van der Waals surface area contributed by atoms with Gasteiger partial charge in [-0.15, -0.1) is 0 Å². The maximum atomic E-state index is 4.74. The molecule has 2 N–H and O–H groups in total. The molecule has 0 radical (unpaired) electrons. The van der Waals surface area contributed by atoms with E-state index in [1.54, 1.807) is 0 Å². The Morgan fingerprint density at radius 2 is 2.43 bits per heavy atom. The molecule has 5 heteroatoms. The van der Waals surface area contributed by atoms with Gasteiger partial charge in [0, 0.05) is 22.9 Å². The average Bonchev–Trinajstić information content (AvgIpc) is 1.68. The summed E-state index contributed by atoms with van der Waals surface area (Å²) in [4.78, 5) is 0. The first-order valence-electron chi connectivity index (χ1n) is 1.51. The molecule has 0 aromatic rings. The molecule has 0 aliphatic carbocycles. The number of rotatable bonds is 1. The standard InChI is InChI=1S/C2H5IN2S2/c1-7-2(6)4-5-3/h5H,1H3,(H,4,6). The number of hydrogen-bond acceptors (Lipinski definition) is 3. The van der Waals surface area contributed by atoms with E-state index in [0.717, 1.165) is 4.32 Å². The Hall–Kier alpha value is 0.930. The molecule has 7 heavy (non-hydrogen) atoms. The molecule has 0 saturated carbocycles. The van der Waals surface area contributed by atoms with Crippen LogP contribution < -0.4 is 9.06 Å². The van der Waals surface area contributed by atoms with Gasteiger partial charge in [-0.1, -0.05) is 24.0 Å². The average molecular weight is 248 g/mol. The van der Waals surface area contributed by atoms with E-state index in [2.05, 4.69) is 9.06 Å². The van der Waals surface area contributed by atoms with E-state index in [1.807, 2.05) is 29.1 Å². The van der Waals surface area contributed by atoms with Gasteiger partial charge in [-0.3, -0.25) is 5.43 Å². The van der Waals surface area contributed by atoms with Crippen molar-refractivity contribution in [3.05, 3.63) is 0 Å². The summed E-state index contributed by atoms with van der Waals surface area (Å²) in [6, 6.07) is 0. The summed E-state index contributed by atoms with van der Waals surface area (Å²) >= 11 is 8.21. The van der Waals surface area contributed by atoms with E-state index in [1.165, 1.54) is 11.8 Å². The van der Waals surface area contributed by atoms with Gasteiger partial charge in [0.05, 0.1) is 0 Å². The molecule has 0 aromatic carbocycles. The van der Waals surface area contributed by atoms with Crippen molar-refractivity contribution in [2.45, 2.75) is 0 Å². The Kier molecular flexibility index (Phi) is 5.75. The molecule has 0 aliphatic heterocycles. The Morgan fingerprint density at radius 3 is 2.57 bits per heavy atom. The molecule has 0 bridgehead atoms. The largest absolute Gasteiger partial charge is 0.298 e. The summed E-state index contributed by atoms with van der Waals surface area (Å²) in [6.45, 7) is 0. The van der Waals surface area contributed by atoms with E-state index < -0.39 is 0 Å². The molecular weight excluding hydrogens is 243 g/mol. The lowest BCUT2D eigenvalue weighted by Gasteiger charge is -1.97. The SMILES string of the molecule is CSC(=S)NNI. The Labute approximate surface area is 66.3 Å². The lowest BCUT2D eigenvalue weighted by Crippen LogP contribution is -2.25. The van der Waals surface area contributed by atoms with Crippen molar-refractivity contribution in [2.75, 3.05) is 6.26 Å². The van der Waals surface area contributed by atoms with Crippen LogP contribution in [0.5, 0.6) is 0 Å². The summed E-state index contributed by atoms with van der Waals surface area (Å²) < 4.78 is 3.44. The maximum absolute atomic E-state index is 4.74. The van der Waals surface area contributed by atoms with Crippen molar-refractivity contribution in [1.29, 1.82) is 0 Å². The zero-order valence-electron chi connectivity index (χ0n) is 3.69. The van der Waals surface area contributed by atoms with Crippen molar-refractivity contribution < 1.29 is 0 Å².